The van der Waals surface area contributed by atoms with Gasteiger partial charge in [0.25, 0.3) is 5.91 Å². The van der Waals surface area contributed by atoms with E-state index >= 15 is 0 Å². The summed E-state index contributed by atoms with van der Waals surface area (Å²) < 4.78 is 16.1. The van der Waals surface area contributed by atoms with Gasteiger partial charge in [0.05, 0.1) is 19.2 Å². The van der Waals surface area contributed by atoms with E-state index in [4.69, 9.17) is 14.2 Å². The van der Waals surface area contributed by atoms with Gasteiger partial charge in [0.1, 0.15) is 19.0 Å². The molecule has 1 aliphatic heterocycles. The Morgan fingerprint density at radius 1 is 1.07 bits per heavy atom. The first kappa shape index (κ1) is 19.7. The Morgan fingerprint density at radius 3 is 2.60 bits per heavy atom. The van der Waals surface area contributed by atoms with Gasteiger partial charge in [0, 0.05) is 22.7 Å². The molecule has 2 amide bonds. The molecule has 2 N–H and O–H groups in total. The predicted molar refractivity (Wildman–Crippen MR) is 113 cm³/mol. The lowest BCUT2D eigenvalue weighted by atomic mass is 10.2. The largest absolute Gasteiger partial charge is 0.497 e. The smallest absolute Gasteiger partial charge is 0.257 e. The molecule has 0 saturated carbocycles. The first-order chi connectivity index (χ1) is 14.6. The van der Waals surface area contributed by atoms with Gasteiger partial charge in [-0.3, -0.25) is 14.9 Å². The minimum atomic E-state index is -0.278. The zero-order valence-electron chi connectivity index (χ0n) is 16.1. The van der Waals surface area contributed by atoms with E-state index in [-0.39, 0.29) is 18.2 Å². The molecule has 4 rings (SSSR count). The molecule has 0 fully saturated rings. The maximum atomic E-state index is 12.3. The van der Waals surface area contributed by atoms with Crippen molar-refractivity contribution < 1.29 is 23.8 Å². The highest BCUT2D eigenvalue weighted by Crippen LogP contribution is 2.32. The van der Waals surface area contributed by atoms with Crippen LogP contribution in [0.1, 0.15) is 16.1 Å². The predicted octanol–water partition coefficient (Wildman–Crippen LogP) is 3.36. The number of hydrogen-bond acceptors (Lipinski definition) is 7. The summed E-state index contributed by atoms with van der Waals surface area (Å²) in [6.45, 7) is 0.994. The summed E-state index contributed by atoms with van der Waals surface area (Å²) in [6, 6.07) is 12.0. The Kier molecular flexibility index (Phi) is 5.80. The maximum absolute atomic E-state index is 12.3. The van der Waals surface area contributed by atoms with Gasteiger partial charge >= 0.3 is 0 Å². The number of ether oxygens (including phenoxy) is 3. The number of nitrogens with zero attached hydrogens (tertiary/aromatic N) is 1. The zero-order valence-corrected chi connectivity index (χ0v) is 17.0. The number of amides is 2. The van der Waals surface area contributed by atoms with Crippen molar-refractivity contribution in [3.63, 3.8) is 0 Å². The normalized spacial score (nSPS) is 12.2. The summed E-state index contributed by atoms with van der Waals surface area (Å²) >= 11 is 1.26. The third kappa shape index (κ3) is 4.69. The fourth-order valence-corrected chi connectivity index (χ4v) is 3.55. The summed E-state index contributed by atoms with van der Waals surface area (Å²) in [6.07, 6.45) is 0.0867. The van der Waals surface area contributed by atoms with Crippen LogP contribution in [0.3, 0.4) is 0 Å². The highest BCUT2D eigenvalue weighted by molar-refractivity contribution is 7.14. The number of carbonyl (C=O) groups is 2. The van der Waals surface area contributed by atoms with Gasteiger partial charge in [-0.25, -0.2) is 4.98 Å². The molecule has 3 aromatic rings. The van der Waals surface area contributed by atoms with Crippen molar-refractivity contribution in [2.45, 2.75) is 6.42 Å². The molecular formula is C21H19N3O5S. The molecular weight excluding hydrogens is 406 g/mol. The van der Waals surface area contributed by atoms with E-state index < -0.39 is 0 Å². The van der Waals surface area contributed by atoms with Crippen LogP contribution < -0.4 is 24.8 Å². The quantitative estimate of drug-likeness (QED) is 0.628. The van der Waals surface area contributed by atoms with Crippen LogP contribution in [-0.4, -0.2) is 37.1 Å². The van der Waals surface area contributed by atoms with Crippen LogP contribution in [0.4, 0.5) is 10.8 Å². The molecule has 1 aliphatic rings. The Morgan fingerprint density at radius 2 is 1.83 bits per heavy atom. The Balaban J connectivity index is 1.33. The Bertz CT molecular complexity index is 1060. The Labute approximate surface area is 176 Å². The summed E-state index contributed by atoms with van der Waals surface area (Å²) in [7, 11) is 1.57. The van der Waals surface area contributed by atoms with Gasteiger partial charge in [-0.2, -0.15) is 0 Å². The number of carbonyl (C=O) groups excluding carboxylic acids is 2. The molecule has 0 saturated heterocycles. The molecule has 0 spiro atoms. The van der Waals surface area contributed by atoms with Gasteiger partial charge in [-0.05, 0) is 36.4 Å². The van der Waals surface area contributed by atoms with Gasteiger partial charge in [-0.1, -0.05) is 0 Å². The van der Waals surface area contributed by atoms with Crippen LogP contribution in [0.5, 0.6) is 17.2 Å². The van der Waals surface area contributed by atoms with Crippen LogP contribution in [0.25, 0.3) is 0 Å². The minimum absolute atomic E-state index is 0.0867. The molecule has 0 aliphatic carbocycles. The second kappa shape index (κ2) is 8.83. The highest BCUT2D eigenvalue weighted by Gasteiger charge is 2.14. The standard InChI is InChI=1S/C21H19N3O5S/c1-27-16-5-2-13(3-6-16)20(26)24-21-23-15(12-30-21)11-19(25)22-14-4-7-17-18(10-14)29-9-8-28-17/h2-7,10,12H,8-9,11H2,1H3,(H,22,25)(H,23,24,26). The van der Waals surface area contributed by atoms with E-state index in [1.54, 1.807) is 55.0 Å². The number of hydrogen-bond donors (Lipinski definition) is 2. The summed E-state index contributed by atoms with van der Waals surface area (Å²) in [5.41, 5.74) is 1.68. The van der Waals surface area contributed by atoms with Crippen LogP contribution in [0.15, 0.2) is 47.8 Å². The summed E-state index contributed by atoms with van der Waals surface area (Å²) in [4.78, 5) is 29.0. The van der Waals surface area contributed by atoms with E-state index in [1.807, 2.05) is 0 Å². The summed E-state index contributed by atoms with van der Waals surface area (Å²) in [5, 5.41) is 7.73. The van der Waals surface area contributed by atoms with Crippen LogP contribution in [-0.2, 0) is 11.2 Å². The minimum Gasteiger partial charge on any atom is -0.497 e. The monoisotopic (exact) mass is 425 g/mol. The molecule has 9 heteroatoms. The van der Waals surface area contributed by atoms with Crippen LogP contribution >= 0.6 is 11.3 Å². The van der Waals surface area contributed by atoms with E-state index in [0.717, 1.165) is 0 Å². The second-order valence-electron chi connectivity index (χ2n) is 6.41. The lowest BCUT2D eigenvalue weighted by Crippen LogP contribution is -2.17. The van der Waals surface area contributed by atoms with Crippen molar-refractivity contribution in [2.24, 2.45) is 0 Å². The number of aromatic nitrogens is 1. The van der Waals surface area contributed by atoms with Crippen molar-refractivity contribution in [1.29, 1.82) is 0 Å². The molecule has 1 aromatic heterocycles. The average molecular weight is 425 g/mol. The zero-order chi connectivity index (χ0) is 20.9. The van der Waals surface area contributed by atoms with E-state index in [1.165, 1.54) is 11.3 Å². The van der Waals surface area contributed by atoms with Crippen molar-refractivity contribution >= 4 is 34.0 Å². The van der Waals surface area contributed by atoms with Crippen molar-refractivity contribution in [3.05, 3.63) is 59.1 Å². The van der Waals surface area contributed by atoms with E-state index in [0.29, 0.717) is 52.5 Å². The molecule has 0 bridgehead atoms. The molecule has 0 atom stereocenters. The number of thiazole rings is 1. The van der Waals surface area contributed by atoms with Crippen LogP contribution in [0, 0.1) is 0 Å². The molecule has 0 radical (unpaired) electrons. The number of nitrogens with one attached hydrogen (secondary N) is 2. The third-order valence-corrected chi connectivity index (χ3v) is 5.10. The highest BCUT2D eigenvalue weighted by atomic mass is 32.1. The average Bonchev–Trinajstić information content (AvgIpc) is 3.20. The van der Waals surface area contributed by atoms with Crippen LogP contribution in [0.2, 0.25) is 0 Å². The van der Waals surface area contributed by atoms with E-state index in [9.17, 15) is 9.59 Å². The number of anilines is 2. The van der Waals surface area contributed by atoms with Gasteiger partial charge < -0.3 is 19.5 Å². The Hall–Kier alpha value is -3.59. The van der Waals surface area contributed by atoms with Gasteiger partial charge in [0.2, 0.25) is 5.91 Å². The first-order valence-electron chi connectivity index (χ1n) is 9.20. The maximum Gasteiger partial charge on any atom is 0.257 e. The van der Waals surface area contributed by atoms with E-state index in [2.05, 4.69) is 15.6 Å². The summed E-state index contributed by atoms with van der Waals surface area (Å²) in [5.74, 6) is 1.45. The molecule has 8 nitrogen and oxygen atoms in total. The van der Waals surface area contributed by atoms with Gasteiger partial charge in [-0.15, -0.1) is 11.3 Å². The lowest BCUT2D eigenvalue weighted by molar-refractivity contribution is -0.115. The molecule has 0 unspecified atom stereocenters. The topological polar surface area (TPSA) is 98.8 Å². The fourth-order valence-electron chi connectivity index (χ4n) is 2.85. The molecule has 154 valence electrons. The van der Waals surface area contributed by atoms with Crippen molar-refractivity contribution in [2.75, 3.05) is 31.0 Å². The third-order valence-electron chi connectivity index (χ3n) is 4.29. The number of methoxy groups -OCH3 is 1. The SMILES string of the molecule is COc1ccc(C(=O)Nc2nc(CC(=O)Nc3ccc4c(c3)OCCO4)cs2)cc1. The molecule has 2 heterocycles. The first-order valence-corrected chi connectivity index (χ1v) is 10.1. The second-order valence-corrected chi connectivity index (χ2v) is 7.27. The fraction of sp³-hybridized carbons (Fsp3) is 0.190. The number of fused-ring (bicyclic) bond motifs is 1. The lowest BCUT2D eigenvalue weighted by Gasteiger charge is -2.18. The van der Waals surface area contributed by atoms with Crippen molar-refractivity contribution in [1.82, 2.24) is 4.98 Å². The number of rotatable bonds is 6. The molecule has 2 aromatic carbocycles. The van der Waals surface area contributed by atoms with Crippen molar-refractivity contribution in [3.8, 4) is 17.2 Å². The van der Waals surface area contributed by atoms with Gasteiger partial charge in [0.15, 0.2) is 16.6 Å². The number of benzene rings is 2. The molecule has 30 heavy (non-hydrogen) atoms.